The van der Waals surface area contributed by atoms with E-state index in [0.717, 1.165) is 10.6 Å². The average Bonchev–Trinajstić information content (AvgIpc) is 3.40. The highest BCUT2D eigenvalue weighted by Crippen LogP contribution is 2.21. The highest BCUT2D eigenvalue weighted by atomic mass is 32.1. The first-order chi connectivity index (χ1) is 14.2. The van der Waals surface area contributed by atoms with Crippen LogP contribution in [0.1, 0.15) is 10.6 Å². The minimum Gasteiger partial charge on any atom is -0.438 e. The number of hydrogen-bond donors (Lipinski definition) is 1. The molecule has 1 aromatic carbocycles. The lowest BCUT2D eigenvalue weighted by Crippen LogP contribution is -2.07. The molecular formula is C21H17N5O2S. The van der Waals surface area contributed by atoms with E-state index in [1.165, 1.54) is 6.08 Å². The number of aryl methyl sites for hydroxylation is 1. The van der Waals surface area contributed by atoms with Gasteiger partial charge in [-0.2, -0.15) is 5.10 Å². The first-order valence-electron chi connectivity index (χ1n) is 8.82. The van der Waals surface area contributed by atoms with Gasteiger partial charge in [-0.1, -0.05) is 6.07 Å². The van der Waals surface area contributed by atoms with Gasteiger partial charge in [-0.3, -0.25) is 4.79 Å². The highest BCUT2D eigenvalue weighted by Gasteiger charge is 2.04. The van der Waals surface area contributed by atoms with Crippen LogP contribution in [0.5, 0.6) is 11.6 Å². The molecule has 1 amide bonds. The van der Waals surface area contributed by atoms with Gasteiger partial charge in [0.25, 0.3) is 0 Å². The number of anilines is 1. The van der Waals surface area contributed by atoms with Crippen molar-refractivity contribution in [3.05, 3.63) is 82.8 Å². The van der Waals surface area contributed by atoms with Crippen molar-refractivity contribution >= 4 is 29.0 Å². The summed E-state index contributed by atoms with van der Waals surface area (Å²) in [4.78, 5) is 13.0. The predicted octanol–water partition coefficient (Wildman–Crippen LogP) is 4.48. The molecule has 0 atom stereocenters. The Labute approximate surface area is 171 Å². The van der Waals surface area contributed by atoms with Gasteiger partial charge in [-0.15, -0.1) is 21.5 Å². The van der Waals surface area contributed by atoms with Crippen molar-refractivity contribution in [1.29, 1.82) is 0 Å². The van der Waals surface area contributed by atoms with Crippen molar-refractivity contribution in [3.8, 4) is 17.4 Å². The molecule has 0 fully saturated rings. The normalized spacial score (nSPS) is 10.9. The summed E-state index contributed by atoms with van der Waals surface area (Å²) in [5.74, 6) is 1.38. The van der Waals surface area contributed by atoms with Crippen LogP contribution in [-0.2, 0) is 4.79 Å². The van der Waals surface area contributed by atoms with Gasteiger partial charge >= 0.3 is 0 Å². The molecule has 3 aromatic heterocycles. The molecule has 0 aliphatic rings. The smallest absolute Gasteiger partial charge is 0.248 e. The minimum absolute atomic E-state index is 0.192. The van der Waals surface area contributed by atoms with Gasteiger partial charge in [0.1, 0.15) is 5.75 Å². The Morgan fingerprint density at radius 2 is 1.97 bits per heavy atom. The second-order valence-electron chi connectivity index (χ2n) is 6.10. The molecule has 144 valence electrons. The van der Waals surface area contributed by atoms with Crippen molar-refractivity contribution in [2.45, 2.75) is 6.92 Å². The second-order valence-corrected chi connectivity index (χ2v) is 7.08. The molecule has 0 aliphatic heterocycles. The van der Waals surface area contributed by atoms with Crippen molar-refractivity contribution in [1.82, 2.24) is 20.0 Å². The monoisotopic (exact) mass is 403 g/mol. The topological polar surface area (TPSA) is 81.9 Å². The molecule has 8 heteroatoms. The summed E-state index contributed by atoms with van der Waals surface area (Å²) in [6.07, 6.45) is 5.11. The number of amides is 1. The van der Waals surface area contributed by atoms with Crippen LogP contribution in [0.4, 0.5) is 5.69 Å². The van der Waals surface area contributed by atoms with Crippen molar-refractivity contribution < 1.29 is 9.53 Å². The Morgan fingerprint density at radius 1 is 1.10 bits per heavy atom. The molecule has 1 N–H and O–H groups in total. The van der Waals surface area contributed by atoms with E-state index in [0.29, 0.717) is 23.1 Å². The van der Waals surface area contributed by atoms with Gasteiger partial charge in [-0.25, -0.2) is 4.68 Å². The van der Waals surface area contributed by atoms with E-state index < -0.39 is 0 Å². The van der Waals surface area contributed by atoms with Gasteiger partial charge in [0.2, 0.25) is 11.8 Å². The number of carbonyl (C=O) groups is 1. The van der Waals surface area contributed by atoms with Crippen LogP contribution >= 0.6 is 11.3 Å². The van der Waals surface area contributed by atoms with Gasteiger partial charge in [-0.05, 0) is 60.8 Å². The first-order valence-corrected chi connectivity index (χ1v) is 9.70. The fraction of sp³-hybridized carbons (Fsp3) is 0.0476. The SMILES string of the molecule is Cc1ccn(-c2ccc(Oc3ccc(NC(=O)/C=C/c4cccs4)cc3)nn2)n1. The standard InChI is InChI=1S/C21H17N5O2S/c1-15-12-13-26(25-15)19-9-11-21(24-23-19)28-17-6-4-16(5-7-17)22-20(27)10-8-18-3-2-14-29-18/h2-14H,1H3,(H,22,27)/b10-8+. The van der Waals surface area contributed by atoms with Crippen LogP contribution in [0, 0.1) is 6.92 Å². The zero-order valence-electron chi connectivity index (χ0n) is 15.5. The Hall–Kier alpha value is -3.78. The third kappa shape index (κ3) is 4.94. The molecule has 3 heterocycles. The van der Waals surface area contributed by atoms with E-state index in [4.69, 9.17) is 4.74 Å². The van der Waals surface area contributed by atoms with Gasteiger partial charge in [0.15, 0.2) is 5.82 Å². The van der Waals surface area contributed by atoms with Crippen LogP contribution in [0.15, 0.2) is 72.3 Å². The molecule has 0 bridgehead atoms. The highest BCUT2D eigenvalue weighted by molar-refractivity contribution is 7.10. The quantitative estimate of drug-likeness (QED) is 0.480. The number of ether oxygens (including phenoxy) is 1. The Morgan fingerprint density at radius 3 is 2.62 bits per heavy atom. The molecule has 0 unspecified atom stereocenters. The Balaban J connectivity index is 1.35. The molecule has 0 aliphatic carbocycles. The number of rotatable bonds is 6. The zero-order chi connectivity index (χ0) is 20.1. The number of benzene rings is 1. The van der Waals surface area contributed by atoms with Crippen LogP contribution in [0.2, 0.25) is 0 Å². The summed E-state index contributed by atoms with van der Waals surface area (Å²) in [5, 5.41) is 17.3. The lowest BCUT2D eigenvalue weighted by atomic mass is 10.3. The maximum absolute atomic E-state index is 12.0. The number of carbonyl (C=O) groups excluding carboxylic acids is 1. The Bertz CT molecular complexity index is 1120. The molecule has 4 rings (SSSR count). The van der Waals surface area contributed by atoms with E-state index in [2.05, 4.69) is 20.6 Å². The van der Waals surface area contributed by atoms with Crippen molar-refractivity contribution in [2.75, 3.05) is 5.32 Å². The van der Waals surface area contributed by atoms with Gasteiger partial charge in [0.05, 0.1) is 5.69 Å². The van der Waals surface area contributed by atoms with Gasteiger partial charge in [0, 0.05) is 28.9 Å². The first kappa shape index (κ1) is 18.6. The summed E-state index contributed by atoms with van der Waals surface area (Å²) < 4.78 is 7.35. The van der Waals surface area contributed by atoms with Crippen LogP contribution in [0.25, 0.3) is 11.9 Å². The summed E-state index contributed by atoms with van der Waals surface area (Å²) in [6.45, 7) is 1.91. The van der Waals surface area contributed by atoms with Crippen molar-refractivity contribution in [2.24, 2.45) is 0 Å². The van der Waals surface area contributed by atoms with Crippen LogP contribution in [-0.4, -0.2) is 25.9 Å². The maximum atomic E-state index is 12.0. The van der Waals surface area contributed by atoms with E-state index in [-0.39, 0.29) is 5.91 Å². The van der Waals surface area contributed by atoms with E-state index in [1.807, 2.05) is 36.7 Å². The summed E-state index contributed by atoms with van der Waals surface area (Å²) in [6, 6.07) is 16.3. The van der Waals surface area contributed by atoms with E-state index in [9.17, 15) is 4.79 Å². The molecule has 0 radical (unpaired) electrons. The minimum atomic E-state index is -0.192. The number of nitrogens with one attached hydrogen (secondary N) is 1. The number of hydrogen-bond acceptors (Lipinski definition) is 6. The molecule has 0 spiro atoms. The fourth-order valence-electron chi connectivity index (χ4n) is 2.49. The molecular weight excluding hydrogens is 386 g/mol. The summed E-state index contributed by atoms with van der Waals surface area (Å²) in [5.41, 5.74) is 1.58. The number of thiophene rings is 1. The molecule has 4 aromatic rings. The number of aromatic nitrogens is 4. The lowest BCUT2D eigenvalue weighted by molar-refractivity contribution is -0.111. The molecule has 0 saturated carbocycles. The van der Waals surface area contributed by atoms with E-state index >= 15 is 0 Å². The Kier molecular flexibility index (Phi) is 5.44. The van der Waals surface area contributed by atoms with E-state index in [1.54, 1.807) is 58.5 Å². The second kappa shape index (κ2) is 8.49. The largest absolute Gasteiger partial charge is 0.438 e. The third-order valence-electron chi connectivity index (χ3n) is 3.87. The molecule has 7 nitrogen and oxygen atoms in total. The molecule has 0 saturated heterocycles. The van der Waals surface area contributed by atoms with Gasteiger partial charge < -0.3 is 10.1 Å². The molecule has 29 heavy (non-hydrogen) atoms. The number of nitrogens with zero attached hydrogens (tertiary/aromatic N) is 4. The third-order valence-corrected chi connectivity index (χ3v) is 4.71. The maximum Gasteiger partial charge on any atom is 0.248 e. The average molecular weight is 403 g/mol. The lowest BCUT2D eigenvalue weighted by Gasteiger charge is -2.07. The summed E-state index contributed by atoms with van der Waals surface area (Å²) >= 11 is 1.58. The fourth-order valence-corrected chi connectivity index (χ4v) is 3.11. The zero-order valence-corrected chi connectivity index (χ0v) is 16.3. The van der Waals surface area contributed by atoms with Crippen molar-refractivity contribution in [3.63, 3.8) is 0 Å². The predicted molar refractivity (Wildman–Crippen MR) is 112 cm³/mol. The summed E-state index contributed by atoms with van der Waals surface area (Å²) in [7, 11) is 0. The van der Waals surface area contributed by atoms with Crippen LogP contribution in [0.3, 0.4) is 0 Å². The van der Waals surface area contributed by atoms with Crippen LogP contribution < -0.4 is 10.1 Å².